The molecule has 0 aliphatic carbocycles. The van der Waals surface area contributed by atoms with E-state index in [1.165, 1.54) is 6.07 Å². The van der Waals surface area contributed by atoms with Gasteiger partial charge in [-0.25, -0.2) is 14.3 Å². The third-order valence-corrected chi connectivity index (χ3v) is 2.57. The van der Waals surface area contributed by atoms with Crippen LogP contribution in [0.25, 0.3) is 0 Å². The van der Waals surface area contributed by atoms with E-state index in [1.807, 2.05) is 0 Å². The van der Waals surface area contributed by atoms with Crippen molar-refractivity contribution in [2.45, 2.75) is 32.1 Å². The number of nitrogens with one attached hydrogen (secondary N) is 1. The van der Waals surface area contributed by atoms with E-state index in [1.54, 1.807) is 5.48 Å². The Morgan fingerprint density at radius 3 is 2.63 bits per heavy atom. The predicted octanol–water partition coefficient (Wildman–Crippen LogP) is 2.80. The number of carbonyl (C=O) groups is 1. The zero-order valence-corrected chi connectivity index (χ0v) is 10.5. The Kier molecular flexibility index (Phi) is 6.81. The fourth-order valence-corrected chi connectivity index (χ4v) is 1.57. The Morgan fingerprint density at radius 2 is 1.95 bits per heavy atom. The fourth-order valence-electron chi connectivity index (χ4n) is 1.57. The molecule has 1 amide bonds. The minimum atomic E-state index is -0.709. The highest BCUT2D eigenvalue weighted by Crippen LogP contribution is 2.18. The average Bonchev–Trinajstić information content (AvgIpc) is 2.39. The van der Waals surface area contributed by atoms with Gasteiger partial charge in [0.15, 0.2) is 11.6 Å². The molecule has 0 aliphatic heterocycles. The van der Waals surface area contributed by atoms with Gasteiger partial charge in [0.05, 0.1) is 6.61 Å². The zero-order chi connectivity index (χ0) is 14.1. The Morgan fingerprint density at radius 1 is 1.21 bits per heavy atom. The molecule has 19 heavy (non-hydrogen) atoms. The van der Waals surface area contributed by atoms with Gasteiger partial charge in [0.25, 0.3) is 0 Å². The van der Waals surface area contributed by atoms with Crippen LogP contribution in [-0.2, 0) is 4.79 Å². The lowest BCUT2D eigenvalue weighted by Gasteiger charge is -2.07. The number of hydrogen-bond donors (Lipinski definition) is 2. The maximum Gasteiger partial charge on any atom is 0.243 e. The third kappa shape index (κ3) is 6.15. The van der Waals surface area contributed by atoms with Gasteiger partial charge >= 0.3 is 0 Å². The summed E-state index contributed by atoms with van der Waals surface area (Å²) in [7, 11) is 0. The second-order valence-corrected chi connectivity index (χ2v) is 4.12. The molecule has 0 heterocycles. The smallest absolute Gasteiger partial charge is 0.243 e. The molecule has 0 spiro atoms. The molecule has 1 aromatic carbocycles. The number of benzene rings is 1. The van der Waals surface area contributed by atoms with E-state index in [0.29, 0.717) is 13.0 Å². The van der Waals surface area contributed by atoms with Crippen molar-refractivity contribution in [1.29, 1.82) is 0 Å². The topological polar surface area (TPSA) is 58.6 Å². The molecular formula is C13H17F2NO3. The van der Waals surface area contributed by atoms with E-state index in [2.05, 4.69) is 0 Å². The highest BCUT2D eigenvalue weighted by Gasteiger charge is 2.04. The third-order valence-electron chi connectivity index (χ3n) is 2.57. The average molecular weight is 273 g/mol. The fraction of sp³-hybridized carbons (Fsp3) is 0.462. The maximum atomic E-state index is 13.2. The number of hydroxylamine groups is 1. The number of unbranched alkanes of at least 4 members (excludes halogenated alkanes) is 3. The molecule has 0 radical (unpaired) electrons. The standard InChI is InChI=1S/C13H17F2NO3/c14-10-6-7-12(11(15)9-10)19-8-4-2-1-3-5-13(17)16-18/h6-7,9,18H,1-5,8H2,(H,16,17). The van der Waals surface area contributed by atoms with Gasteiger partial charge in [-0.3, -0.25) is 10.0 Å². The number of halogens is 2. The van der Waals surface area contributed by atoms with Crippen LogP contribution in [0.4, 0.5) is 8.78 Å². The molecule has 0 aromatic heterocycles. The molecule has 0 saturated heterocycles. The van der Waals surface area contributed by atoms with Crippen LogP contribution in [-0.4, -0.2) is 17.7 Å². The van der Waals surface area contributed by atoms with E-state index < -0.39 is 17.5 Å². The van der Waals surface area contributed by atoms with Gasteiger partial charge in [0, 0.05) is 12.5 Å². The van der Waals surface area contributed by atoms with Crippen molar-refractivity contribution in [3.63, 3.8) is 0 Å². The summed E-state index contributed by atoms with van der Waals surface area (Å²) in [5, 5.41) is 8.27. The van der Waals surface area contributed by atoms with Crippen LogP contribution < -0.4 is 10.2 Å². The zero-order valence-electron chi connectivity index (χ0n) is 10.5. The SMILES string of the molecule is O=C(CCCCCCOc1ccc(F)cc1F)NO. The summed E-state index contributed by atoms with van der Waals surface area (Å²) < 4.78 is 31.0. The van der Waals surface area contributed by atoms with Gasteiger partial charge in [-0.05, 0) is 25.0 Å². The Hall–Kier alpha value is -1.69. The van der Waals surface area contributed by atoms with Crippen molar-refractivity contribution in [2.24, 2.45) is 0 Å². The van der Waals surface area contributed by atoms with Crippen LogP contribution in [0.15, 0.2) is 18.2 Å². The molecule has 4 nitrogen and oxygen atoms in total. The van der Waals surface area contributed by atoms with Gasteiger partial charge in [-0.1, -0.05) is 12.8 Å². The largest absolute Gasteiger partial charge is 0.491 e. The molecular weight excluding hydrogens is 256 g/mol. The van der Waals surface area contributed by atoms with Crippen molar-refractivity contribution in [3.05, 3.63) is 29.8 Å². The molecule has 0 atom stereocenters. The molecule has 2 N–H and O–H groups in total. The quantitative estimate of drug-likeness (QED) is 0.435. The van der Waals surface area contributed by atoms with E-state index in [9.17, 15) is 13.6 Å². The number of rotatable bonds is 8. The lowest BCUT2D eigenvalue weighted by atomic mass is 10.1. The lowest BCUT2D eigenvalue weighted by Crippen LogP contribution is -2.17. The van der Waals surface area contributed by atoms with Crippen molar-refractivity contribution in [1.82, 2.24) is 5.48 Å². The Bertz CT molecular complexity index is 413. The van der Waals surface area contributed by atoms with E-state index in [0.717, 1.165) is 31.4 Å². The molecule has 0 fully saturated rings. The highest BCUT2D eigenvalue weighted by molar-refractivity contribution is 5.74. The summed E-state index contributed by atoms with van der Waals surface area (Å²) >= 11 is 0. The molecule has 106 valence electrons. The normalized spacial score (nSPS) is 10.3. The number of amides is 1. The lowest BCUT2D eigenvalue weighted by molar-refractivity contribution is -0.129. The summed E-state index contributed by atoms with van der Waals surface area (Å²) in [5.41, 5.74) is 1.56. The van der Waals surface area contributed by atoms with E-state index in [4.69, 9.17) is 9.94 Å². The molecule has 0 aliphatic rings. The minimum absolute atomic E-state index is 0.0426. The van der Waals surface area contributed by atoms with Crippen LogP contribution in [0.1, 0.15) is 32.1 Å². The van der Waals surface area contributed by atoms with Gasteiger partial charge in [-0.2, -0.15) is 0 Å². The van der Waals surface area contributed by atoms with Gasteiger partial charge in [0.2, 0.25) is 5.91 Å². The first kappa shape index (κ1) is 15.4. The van der Waals surface area contributed by atoms with Crippen molar-refractivity contribution in [3.8, 4) is 5.75 Å². The summed E-state index contributed by atoms with van der Waals surface area (Å²) in [4.78, 5) is 10.7. The second-order valence-electron chi connectivity index (χ2n) is 4.12. The molecule has 0 bridgehead atoms. The molecule has 1 aromatic rings. The second kappa shape index (κ2) is 8.42. The van der Waals surface area contributed by atoms with E-state index >= 15 is 0 Å². The summed E-state index contributed by atoms with van der Waals surface area (Å²) in [6, 6.07) is 3.19. The Balaban J connectivity index is 2.09. The predicted molar refractivity (Wildman–Crippen MR) is 64.9 cm³/mol. The number of carbonyl (C=O) groups excluding carboxylic acids is 1. The molecule has 6 heteroatoms. The van der Waals surface area contributed by atoms with Crippen LogP contribution in [0, 0.1) is 11.6 Å². The van der Waals surface area contributed by atoms with Crippen LogP contribution in [0.5, 0.6) is 5.75 Å². The summed E-state index contributed by atoms with van der Waals surface area (Å²) in [5.74, 6) is -1.70. The van der Waals surface area contributed by atoms with Crippen molar-refractivity contribution < 1.29 is 23.5 Å². The first-order chi connectivity index (χ1) is 9.13. The maximum absolute atomic E-state index is 13.2. The van der Waals surface area contributed by atoms with Crippen molar-refractivity contribution in [2.75, 3.05) is 6.61 Å². The van der Waals surface area contributed by atoms with Crippen molar-refractivity contribution >= 4 is 5.91 Å². The first-order valence-corrected chi connectivity index (χ1v) is 6.14. The van der Waals surface area contributed by atoms with Crippen LogP contribution in [0.2, 0.25) is 0 Å². The monoisotopic (exact) mass is 273 g/mol. The minimum Gasteiger partial charge on any atom is -0.491 e. The van der Waals surface area contributed by atoms with Gasteiger partial charge in [-0.15, -0.1) is 0 Å². The highest BCUT2D eigenvalue weighted by atomic mass is 19.1. The van der Waals surface area contributed by atoms with Gasteiger partial charge < -0.3 is 4.74 Å². The number of hydrogen-bond acceptors (Lipinski definition) is 3. The van der Waals surface area contributed by atoms with Crippen LogP contribution >= 0.6 is 0 Å². The number of ether oxygens (including phenoxy) is 1. The summed E-state index contributed by atoms with van der Waals surface area (Å²) in [6.07, 6.45) is 3.34. The Labute approximate surface area is 110 Å². The van der Waals surface area contributed by atoms with Gasteiger partial charge in [0.1, 0.15) is 5.82 Å². The van der Waals surface area contributed by atoms with E-state index in [-0.39, 0.29) is 12.2 Å². The molecule has 1 rings (SSSR count). The molecule has 0 saturated carbocycles. The van der Waals surface area contributed by atoms with Crippen LogP contribution in [0.3, 0.4) is 0 Å². The molecule has 0 unspecified atom stereocenters. The summed E-state index contributed by atoms with van der Waals surface area (Å²) in [6.45, 7) is 0.342. The first-order valence-electron chi connectivity index (χ1n) is 6.14.